The Kier molecular flexibility index (Phi) is 12.4. The molecule has 0 aliphatic carbocycles. The first-order valence-electron chi connectivity index (χ1n) is 9.31. The van der Waals surface area contributed by atoms with Crippen molar-refractivity contribution in [3.8, 4) is 0 Å². The zero-order valence-corrected chi connectivity index (χ0v) is 19.5. The van der Waals surface area contributed by atoms with Crippen LogP contribution in [-0.2, 0) is 30.1 Å². The number of thioether (sulfide) groups is 2. The minimum Gasteiger partial charge on any atom is -0.464 e. The van der Waals surface area contributed by atoms with Crippen molar-refractivity contribution in [3.05, 3.63) is 35.9 Å². The van der Waals surface area contributed by atoms with E-state index in [-0.39, 0.29) is 12.4 Å². The molecule has 29 heavy (non-hydrogen) atoms. The highest BCUT2D eigenvalue weighted by Crippen LogP contribution is 2.09. The summed E-state index contributed by atoms with van der Waals surface area (Å²) in [5.74, 6) is 0.0188. The van der Waals surface area contributed by atoms with Crippen LogP contribution in [0, 0.1) is 0 Å². The average molecular weight is 463 g/mol. The topological polar surface area (TPSA) is 102 Å². The summed E-state index contributed by atoms with van der Waals surface area (Å²) >= 11 is 3.07. The summed E-state index contributed by atoms with van der Waals surface area (Å²) in [5.41, 5.74) is 0.633. The second-order valence-corrected chi connectivity index (χ2v) is 10.0. The van der Waals surface area contributed by atoms with Gasteiger partial charge in [0, 0.05) is 0 Å². The molecule has 164 valence electrons. The minimum absolute atomic E-state index is 0.212. The standard InChI is InChI=1S/C19H30N2O5S3/c1-4-26-19(23)17(11-13-28-3)20-18(22)16(10-12-27-2)21-29(24,25)14-15-8-6-5-7-9-15/h5-9,16-17,21H,4,10-14H2,1-3H3,(H,20,22)/t16-,17-/m1/s1. The largest absolute Gasteiger partial charge is 0.464 e. The van der Waals surface area contributed by atoms with Gasteiger partial charge in [-0.3, -0.25) is 4.79 Å². The van der Waals surface area contributed by atoms with Gasteiger partial charge in [0.05, 0.1) is 12.4 Å². The van der Waals surface area contributed by atoms with Crippen molar-refractivity contribution in [3.63, 3.8) is 0 Å². The number of benzene rings is 1. The molecular weight excluding hydrogens is 432 g/mol. The van der Waals surface area contributed by atoms with Crippen LogP contribution in [0.2, 0.25) is 0 Å². The van der Waals surface area contributed by atoms with E-state index >= 15 is 0 Å². The fourth-order valence-electron chi connectivity index (χ4n) is 2.53. The summed E-state index contributed by atoms with van der Waals surface area (Å²) in [5, 5.41) is 2.67. The average Bonchev–Trinajstić information content (AvgIpc) is 2.68. The van der Waals surface area contributed by atoms with Gasteiger partial charge < -0.3 is 10.1 Å². The minimum atomic E-state index is -3.73. The third-order valence-electron chi connectivity index (χ3n) is 3.95. The van der Waals surface area contributed by atoms with Gasteiger partial charge in [-0.05, 0) is 49.3 Å². The third kappa shape index (κ3) is 10.4. The fourth-order valence-corrected chi connectivity index (χ4v) is 4.85. The van der Waals surface area contributed by atoms with Crippen molar-refractivity contribution in [2.75, 3.05) is 30.6 Å². The van der Waals surface area contributed by atoms with Gasteiger partial charge in [0.1, 0.15) is 12.1 Å². The van der Waals surface area contributed by atoms with Crippen molar-refractivity contribution in [1.82, 2.24) is 10.0 Å². The molecule has 0 radical (unpaired) electrons. The van der Waals surface area contributed by atoms with Crippen LogP contribution in [0.1, 0.15) is 25.3 Å². The third-order valence-corrected chi connectivity index (χ3v) is 6.59. The van der Waals surface area contributed by atoms with Crippen LogP contribution in [0.4, 0.5) is 0 Å². The lowest BCUT2D eigenvalue weighted by molar-refractivity contribution is -0.147. The fraction of sp³-hybridized carbons (Fsp3) is 0.579. The molecule has 0 saturated heterocycles. The molecule has 1 amide bonds. The molecule has 0 bridgehead atoms. The van der Waals surface area contributed by atoms with E-state index in [0.717, 1.165) is 0 Å². The van der Waals surface area contributed by atoms with Crippen LogP contribution < -0.4 is 10.0 Å². The Morgan fingerprint density at radius 3 is 2.17 bits per heavy atom. The second kappa shape index (κ2) is 13.9. The molecule has 0 spiro atoms. The highest BCUT2D eigenvalue weighted by Gasteiger charge is 2.29. The lowest BCUT2D eigenvalue weighted by Gasteiger charge is -2.22. The molecule has 0 aromatic heterocycles. The van der Waals surface area contributed by atoms with Crippen LogP contribution in [0.3, 0.4) is 0 Å². The number of esters is 1. The molecule has 1 rings (SSSR count). The number of hydrogen-bond acceptors (Lipinski definition) is 7. The molecule has 0 fully saturated rings. The summed E-state index contributed by atoms with van der Waals surface area (Å²) in [4.78, 5) is 25.0. The Hall–Kier alpha value is -1.23. The summed E-state index contributed by atoms with van der Waals surface area (Å²) < 4.78 is 32.7. The Labute approximate surface area is 182 Å². The molecule has 0 aliphatic rings. The number of ether oxygens (including phenoxy) is 1. The number of sulfonamides is 1. The molecule has 1 aromatic rings. The first-order chi connectivity index (χ1) is 13.8. The van der Waals surface area contributed by atoms with Gasteiger partial charge in [0.2, 0.25) is 15.9 Å². The predicted molar refractivity (Wildman–Crippen MR) is 121 cm³/mol. The van der Waals surface area contributed by atoms with Gasteiger partial charge in [0.25, 0.3) is 0 Å². The van der Waals surface area contributed by atoms with Crippen molar-refractivity contribution in [1.29, 1.82) is 0 Å². The maximum atomic E-state index is 12.8. The summed E-state index contributed by atoms with van der Waals surface area (Å²) in [6.45, 7) is 1.91. The van der Waals surface area contributed by atoms with E-state index in [1.807, 2.05) is 18.6 Å². The number of nitrogens with one attached hydrogen (secondary N) is 2. The first-order valence-corrected chi connectivity index (χ1v) is 13.8. The number of carbonyl (C=O) groups excluding carboxylic acids is 2. The number of amides is 1. The van der Waals surface area contributed by atoms with Gasteiger partial charge in [0.15, 0.2) is 0 Å². The van der Waals surface area contributed by atoms with Crippen LogP contribution >= 0.6 is 23.5 Å². The molecule has 10 heteroatoms. The van der Waals surface area contributed by atoms with Crippen molar-refractivity contribution in [2.24, 2.45) is 0 Å². The highest BCUT2D eigenvalue weighted by molar-refractivity contribution is 7.98. The molecule has 1 aromatic carbocycles. The summed E-state index contributed by atoms with van der Waals surface area (Å²) in [6, 6.07) is 7.01. The van der Waals surface area contributed by atoms with Gasteiger partial charge in [-0.2, -0.15) is 23.5 Å². The molecule has 0 saturated carbocycles. The number of carbonyl (C=O) groups is 2. The van der Waals surface area contributed by atoms with Crippen LogP contribution in [-0.4, -0.2) is 63.0 Å². The Morgan fingerprint density at radius 1 is 1.03 bits per heavy atom. The quantitative estimate of drug-likeness (QED) is 0.408. The van der Waals surface area contributed by atoms with E-state index in [9.17, 15) is 18.0 Å². The zero-order chi connectivity index (χ0) is 21.7. The van der Waals surface area contributed by atoms with Gasteiger partial charge in [-0.25, -0.2) is 17.9 Å². The van der Waals surface area contributed by atoms with E-state index < -0.39 is 34.0 Å². The van der Waals surface area contributed by atoms with E-state index in [1.165, 1.54) is 11.8 Å². The number of hydrogen-bond donors (Lipinski definition) is 2. The van der Waals surface area contributed by atoms with Crippen molar-refractivity contribution >= 4 is 45.4 Å². The zero-order valence-electron chi connectivity index (χ0n) is 17.1. The molecule has 7 nitrogen and oxygen atoms in total. The molecule has 0 aliphatic heterocycles. The SMILES string of the molecule is CCOC(=O)[C@@H](CCSC)NC(=O)[C@@H](CCSC)NS(=O)(=O)Cc1ccccc1. The first kappa shape index (κ1) is 25.8. The van der Waals surface area contributed by atoms with Crippen molar-refractivity contribution in [2.45, 2.75) is 37.6 Å². The van der Waals surface area contributed by atoms with Crippen LogP contribution in [0.25, 0.3) is 0 Å². The van der Waals surface area contributed by atoms with Crippen molar-refractivity contribution < 1.29 is 22.7 Å². The predicted octanol–water partition coefficient (Wildman–Crippen LogP) is 2.03. The molecule has 0 heterocycles. The second-order valence-electron chi connectivity index (χ2n) is 6.29. The lowest BCUT2D eigenvalue weighted by atomic mass is 10.1. The van der Waals surface area contributed by atoms with Gasteiger partial charge in [-0.15, -0.1) is 0 Å². The van der Waals surface area contributed by atoms with Gasteiger partial charge >= 0.3 is 5.97 Å². The van der Waals surface area contributed by atoms with Crippen LogP contribution in [0.15, 0.2) is 30.3 Å². The Morgan fingerprint density at radius 2 is 1.62 bits per heavy atom. The molecular formula is C19H30N2O5S3. The van der Waals surface area contributed by atoms with E-state index in [4.69, 9.17) is 4.74 Å². The normalized spacial score (nSPS) is 13.5. The molecule has 2 N–H and O–H groups in total. The molecule has 0 unspecified atom stereocenters. The van der Waals surface area contributed by atoms with E-state index in [0.29, 0.717) is 29.9 Å². The maximum Gasteiger partial charge on any atom is 0.328 e. The van der Waals surface area contributed by atoms with E-state index in [2.05, 4.69) is 10.0 Å². The molecule has 2 atom stereocenters. The van der Waals surface area contributed by atoms with Crippen LogP contribution in [0.5, 0.6) is 0 Å². The lowest BCUT2D eigenvalue weighted by Crippen LogP contribution is -2.52. The highest BCUT2D eigenvalue weighted by atomic mass is 32.2. The maximum absolute atomic E-state index is 12.8. The Bertz CT molecular complexity index is 729. The number of rotatable bonds is 14. The Balaban J connectivity index is 2.87. The van der Waals surface area contributed by atoms with Gasteiger partial charge in [-0.1, -0.05) is 30.3 Å². The monoisotopic (exact) mass is 462 g/mol. The smallest absolute Gasteiger partial charge is 0.328 e. The summed E-state index contributed by atoms with van der Waals surface area (Å²) in [6.07, 6.45) is 4.52. The van der Waals surface area contributed by atoms with E-state index in [1.54, 1.807) is 43.0 Å². The summed E-state index contributed by atoms with van der Waals surface area (Å²) in [7, 11) is -3.73.